The Morgan fingerprint density at radius 1 is 1.25 bits per heavy atom. The number of fused-ring (bicyclic) bond motifs is 1. The van der Waals surface area contributed by atoms with Gasteiger partial charge in [-0.15, -0.1) is 0 Å². The average molecular weight is 479 g/mol. The molecule has 1 aromatic carbocycles. The van der Waals surface area contributed by atoms with E-state index in [2.05, 4.69) is 61.8 Å². The van der Waals surface area contributed by atoms with Gasteiger partial charge in [-0.3, -0.25) is 0 Å². The molecule has 8 heteroatoms. The van der Waals surface area contributed by atoms with Crippen LogP contribution in [0.15, 0.2) is 41.2 Å². The number of aliphatic imine (C=N–C) groups is 1. The predicted molar refractivity (Wildman–Crippen MR) is 135 cm³/mol. The van der Waals surface area contributed by atoms with Crippen molar-refractivity contribution < 1.29 is 9.53 Å². The molecule has 0 spiro atoms. The quantitative estimate of drug-likeness (QED) is 0.432. The molecule has 0 saturated heterocycles. The number of likely N-dealkylation sites (N-methyl/N-ethyl adjacent to an activating group) is 1. The third-order valence-corrected chi connectivity index (χ3v) is 11.5. The summed E-state index contributed by atoms with van der Waals surface area (Å²) in [5.41, 5.74) is 2.20. The molecule has 32 heavy (non-hydrogen) atoms. The molecule has 1 N–H and O–H groups in total. The minimum Gasteiger partial charge on any atom is -0.417 e. The summed E-state index contributed by atoms with van der Waals surface area (Å²) in [6, 6.07) is 7.87. The van der Waals surface area contributed by atoms with Gasteiger partial charge in [0.1, 0.15) is 6.17 Å². The molecule has 0 aromatic heterocycles. The van der Waals surface area contributed by atoms with Crippen LogP contribution in [-0.4, -0.2) is 73.1 Å². The molecule has 0 aliphatic carbocycles. The second kappa shape index (κ2) is 9.75. The zero-order valence-electron chi connectivity index (χ0n) is 20.6. The van der Waals surface area contributed by atoms with E-state index in [1.807, 2.05) is 24.3 Å². The molecule has 2 unspecified atom stereocenters. The third kappa shape index (κ3) is 5.68. The first-order chi connectivity index (χ1) is 14.9. The lowest BCUT2D eigenvalue weighted by atomic mass is 10.1. The summed E-state index contributed by atoms with van der Waals surface area (Å²) >= 11 is 6.06. The van der Waals surface area contributed by atoms with E-state index in [-0.39, 0.29) is 11.2 Å². The van der Waals surface area contributed by atoms with Gasteiger partial charge in [0.25, 0.3) is 0 Å². The van der Waals surface area contributed by atoms with Crippen LogP contribution in [0.3, 0.4) is 0 Å². The molecule has 0 saturated carbocycles. The number of halogens is 1. The molecule has 1 aromatic rings. The van der Waals surface area contributed by atoms with E-state index in [4.69, 9.17) is 21.0 Å². The minimum absolute atomic E-state index is 0.230. The van der Waals surface area contributed by atoms with Crippen molar-refractivity contribution in [2.45, 2.75) is 71.1 Å². The van der Waals surface area contributed by atoms with Crippen molar-refractivity contribution in [2.24, 2.45) is 4.99 Å². The molecule has 0 fully saturated rings. The van der Waals surface area contributed by atoms with Crippen molar-refractivity contribution in [3.05, 3.63) is 46.7 Å². The highest BCUT2D eigenvalue weighted by molar-refractivity contribution is 6.74. The van der Waals surface area contributed by atoms with Crippen LogP contribution in [0.2, 0.25) is 23.2 Å². The van der Waals surface area contributed by atoms with Gasteiger partial charge in [-0.1, -0.05) is 44.5 Å². The van der Waals surface area contributed by atoms with E-state index < -0.39 is 14.4 Å². The zero-order valence-corrected chi connectivity index (χ0v) is 22.4. The van der Waals surface area contributed by atoms with Gasteiger partial charge in [0, 0.05) is 38.0 Å². The maximum absolute atomic E-state index is 10.4. The third-order valence-electron chi connectivity index (χ3n) is 6.73. The molecular formula is C24H39ClN4O2Si. The Labute approximate surface area is 199 Å². The number of nitrogens with zero attached hydrogens (tertiary/aromatic N) is 4. The monoisotopic (exact) mass is 478 g/mol. The Morgan fingerprint density at radius 2 is 1.91 bits per heavy atom. The van der Waals surface area contributed by atoms with E-state index in [1.165, 1.54) is 0 Å². The largest absolute Gasteiger partial charge is 0.417 e. The SMILES string of the molecule is CC(O)C1N=C2C(=CN(CCCO[Si](C)(C)C(C)(C)C)CN2C)N1Cc1ccc(Cl)cc1. The number of benzene rings is 1. The van der Waals surface area contributed by atoms with Crippen LogP contribution in [-0.2, 0) is 11.0 Å². The molecular weight excluding hydrogens is 440 g/mol. The van der Waals surface area contributed by atoms with Gasteiger partial charge >= 0.3 is 0 Å². The van der Waals surface area contributed by atoms with Crippen LogP contribution < -0.4 is 0 Å². The molecule has 0 amide bonds. The minimum atomic E-state index is -1.72. The van der Waals surface area contributed by atoms with E-state index in [1.54, 1.807) is 6.92 Å². The summed E-state index contributed by atoms with van der Waals surface area (Å²) in [5.74, 6) is 0.943. The van der Waals surface area contributed by atoms with Crippen LogP contribution in [0.1, 0.15) is 39.7 Å². The zero-order chi connectivity index (χ0) is 23.7. The first-order valence-electron chi connectivity index (χ1n) is 11.5. The number of amidine groups is 1. The van der Waals surface area contributed by atoms with Crippen molar-refractivity contribution in [3.8, 4) is 0 Å². The fourth-order valence-electron chi connectivity index (χ4n) is 3.79. The molecule has 0 bridgehead atoms. The molecule has 0 radical (unpaired) electrons. The van der Waals surface area contributed by atoms with Gasteiger partial charge in [-0.2, -0.15) is 0 Å². The van der Waals surface area contributed by atoms with Gasteiger partial charge in [0.2, 0.25) is 0 Å². The molecule has 2 atom stereocenters. The normalized spacial score (nSPS) is 20.3. The number of rotatable bonds is 8. The Morgan fingerprint density at radius 3 is 2.50 bits per heavy atom. The van der Waals surface area contributed by atoms with Gasteiger partial charge in [-0.05, 0) is 49.2 Å². The van der Waals surface area contributed by atoms with Crippen LogP contribution in [0.25, 0.3) is 0 Å². The Hall–Kier alpha value is -1.54. The highest BCUT2D eigenvalue weighted by Crippen LogP contribution is 2.36. The van der Waals surface area contributed by atoms with Crippen molar-refractivity contribution in [1.29, 1.82) is 0 Å². The van der Waals surface area contributed by atoms with Crippen LogP contribution in [0.4, 0.5) is 0 Å². The number of aliphatic hydroxyl groups excluding tert-OH is 1. The second-order valence-electron chi connectivity index (χ2n) is 10.5. The lowest BCUT2D eigenvalue weighted by Crippen LogP contribution is -2.45. The molecule has 2 aliphatic rings. The molecule has 3 rings (SSSR count). The van der Waals surface area contributed by atoms with Crippen LogP contribution in [0.5, 0.6) is 0 Å². The highest BCUT2D eigenvalue weighted by atomic mass is 35.5. The summed E-state index contributed by atoms with van der Waals surface area (Å²) < 4.78 is 6.36. The lowest BCUT2D eigenvalue weighted by molar-refractivity contribution is 0.0910. The van der Waals surface area contributed by atoms with Crippen molar-refractivity contribution in [2.75, 3.05) is 26.9 Å². The van der Waals surface area contributed by atoms with Gasteiger partial charge < -0.3 is 24.2 Å². The van der Waals surface area contributed by atoms with E-state index in [9.17, 15) is 5.11 Å². The number of aliphatic hydroxyl groups is 1. The maximum Gasteiger partial charge on any atom is 0.191 e. The van der Waals surface area contributed by atoms with Gasteiger partial charge in [0.15, 0.2) is 14.2 Å². The lowest BCUT2D eigenvalue weighted by Gasteiger charge is -2.38. The summed E-state index contributed by atoms with van der Waals surface area (Å²) in [7, 11) is 0.350. The first-order valence-corrected chi connectivity index (χ1v) is 14.8. The molecule has 6 nitrogen and oxygen atoms in total. The fourth-order valence-corrected chi connectivity index (χ4v) is 5.01. The summed E-state index contributed by atoms with van der Waals surface area (Å²) in [4.78, 5) is 11.5. The summed E-state index contributed by atoms with van der Waals surface area (Å²) in [6.07, 6.45) is 2.31. The second-order valence-corrected chi connectivity index (χ2v) is 15.7. The smallest absolute Gasteiger partial charge is 0.191 e. The van der Waals surface area contributed by atoms with Crippen molar-refractivity contribution >= 4 is 25.8 Å². The highest BCUT2D eigenvalue weighted by Gasteiger charge is 2.39. The number of hydrogen-bond acceptors (Lipinski definition) is 6. The Bertz CT molecular complexity index is 849. The first kappa shape index (κ1) is 25.1. The van der Waals surface area contributed by atoms with E-state index in [0.717, 1.165) is 48.4 Å². The van der Waals surface area contributed by atoms with Crippen molar-refractivity contribution in [3.63, 3.8) is 0 Å². The summed E-state index contributed by atoms with van der Waals surface area (Å²) in [6.45, 7) is 16.4. The fraction of sp³-hybridized carbons (Fsp3) is 0.625. The van der Waals surface area contributed by atoms with Gasteiger partial charge in [-0.25, -0.2) is 4.99 Å². The van der Waals surface area contributed by atoms with Crippen LogP contribution in [0, 0.1) is 0 Å². The topological polar surface area (TPSA) is 51.5 Å². The Balaban J connectivity index is 1.70. The van der Waals surface area contributed by atoms with Crippen LogP contribution >= 0.6 is 11.6 Å². The van der Waals surface area contributed by atoms with Gasteiger partial charge in [0.05, 0.1) is 18.5 Å². The predicted octanol–water partition coefficient (Wildman–Crippen LogP) is 4.72. The molecule has 2 aliphatic heterocycles. The standard InChI is InChI=1S/C24H39ClN4O2Si/c1-18(30)22-26-23-21(29(22)15-19-9-11-20(25)12-10-19)16-28(17-27(23)5)13-8-14-31-32(6,7)24(2,3)4/h9-12,16,18,22,30H,8,13-15,17H2,1-7H3. The Kier molecular flexibility index (Phi) is 7.65. The molecule has 178 valence electrons. The summed E-state index contributed by atoms with van der Waals surface area (Å²) in [5, 5.41) is 11.4. The number of hydrogen-bond donors (Lipinski definition) is 1. The van der Waals surface area contributed by atoms with E-state index in [0.29, 0.717) is 6.54 Å². The van der Waals surface area contributed by atoms with E-state index >= 15 is 0 Å². The average Bonchev–Trinajstić information content (AvgIpc) is 3.05. The van der Waals surface area contributed by atoms with Crippen molar-refractivity contribution in [1.82, 2.24) is 14.7 Å². The maximum atomic E-state index is 10.4. The molecule has 2 heterocycles.